The number of halogens is 2. The maximum absolute atomic E-state index is 14.2. The molecule has 0 aliphatic carbocycles. The van der Waals surface area contributed by atoms with Gasteiger partial charge >= 0.3 is 0 Å². The van der Waals surface area contributed by atoms with Crippen molar-refractivity contribution in [3.63, 3.8) is 0 Å². The van der Waals surface area contributed by atoms with Crippen LogP contribution in [0.15, 0.2) is 42.5 Å². The van der Waals surface area contributed by atoms with E-state index in [1.165, 1.54) is 23.5 Å². The number of hydrogen-bond acceptors (Lipinski definition) is 9. The third-order valence-electron chi connectivity index (χ3n) is 8.44. The van der Waals surface area contributed by atoms with Gasteiger partial charge in [-0.15, -0.1) is 0 Å². The van der Waals surface area contributed by atoms with Crippen molar-refractivity contribution in [2.24, 2.45) is 12.8 Å². The molecule has 3 aromatic heterocycles. The largest absolute Gasteiger partial charge is 0.370 e. The minimum Gasteiger partial charge on any atom is -0.370 e. The predicted octanol–water partition coefficient (Wildman–Crippen LogP) is 3.65. The summed E-state index contributed by atoms with van der Waals surface area (Å²) in [5.74, 6) is -2.53. The summed E-state index contributed by atoms with van der Waals surface area (Å²) >= 11 is 1.51. The van der Waals surface area contributed by atoms with Gasteiger partial charge in [0.2, 0.25) is 15.9 Å². The van der Waals surface area contributed by atoms with Crippen LogP contribution in [-0.2, 0) is 28.3 Å². The average molecular weight is 653 g/mol. The summed E-state index contributed by atoms with van der Waals surface area (Å²) in [4.78, 5) is 24.5. The van der Waals surface area contributed by atoms with E-state index in [1.807, 2.05) is 12.1 Å². The summed E-state index contributed by atoms with van der Waals surface area (Å²) in [6, 6.07) is 10.6. The first-order valence-corrected chi connectivity index (χ1v) is 17.1. The molecule has 45 heavy (non-hydrogen) atoms. The summed E-state index contributed by atoms with van der Waals surface area (Å²) in [6.07, 6.45) is 2.13. The summed E-state index contributed by atoms with van der Waals surface area (Å²) in [6.45, 7) is 2.72. The Morgan fingerprint density at radius 1 is 1.16 bits per heavy atom. The number of primary amides is 1. The van der Waals surface area contributed by atoms with Crippen LogP contribution >= 0.6 is 11.3 Å². The van der Waals surface area contributed by atoms with Crippen LogP contribution in [0.2, 0.25) is 0 Å². The van der Waals surface area contributed by atoms with Gasteiger partial charge in [0.1, 0.15) is 11.6 Å². The minimum absolute atomic E-state index is 0.0860. The fourth-order valence-corrected chi connectivity index (χ4v) is 7.87. The number of amides is 1. The molecule has 2 aliphatic heterocycles. The molecule has 0 bridgehead atoms. The van der Waals surface area contributed by atoms with Crippen molar-refractivity contribution in [3.8, 4) is 11.1 Å². The lowest BCUT2D eigenvalue weighted by molar-refractivity contribution is -0.118. The first kappa shape index (κ1) is 29.5. The molecule has 4 N–H and O–H groups in total. The molecular weight excluding hydrogens is 623 g/mol. The summed E-state index contributed by atoms with van der Waals surface area (Å²) in [5, 5.41) is 9.33. The van der Waals surface area contributed by atoms with Gasteiger partial charge < -0.3 is 16.0 Å². The van der Waals surface area contributed by atoms with Crippen molar-refractivity contribution in [2.75, 3.05) is 35.5 Å². The van der Waals surface area contributed by atoms with Gasteiger partial charge in [0.25, 0.3) is 0 Å². The molecule has 0 radical (unpaired) electrons. The quantitative estimate of drug-likeness (QED) is 0.219. The molecule has 11 nitrogen and oxygen atoms in total. The molecule has 0 unspecified atom stereocenters. The van der Waals surface area contributed by atoms with Crippen LogP contribution in [0.25, 0.3) is 32.4 Å². The number of para-hydroxylation sites is 1. The van der Waals surface area contributed by atoms with E-state index in [4.69, 9.17) is 15.7 Å². The highest BCUT2D eigenvalue weighted by Crippen LogP contribution is 2.42. The molecule has 2 aliphatic rings. The Bertz CT molecular complexity index is 2080. The van der Waals surface area contributed by atoms with E-state index in [0.29, 0.717) is 38.9 Å². The van der Waals surface area contributed by atoms with Gasteiger partial charge in [0.15, 0.2) is 16.6 Å². The molecule has 2 aromatic carbocycles. The monoisotopic (exact) mass is 652 g/mol. The van der Waals surface area contributed by atoms with E-state index >= 15 is 0 Å². The lowest BCUT2D eigenvalue weighted by Gasteiger charge is -2.56. The van der Waals surface area contributed by atoms with E-state index in [1.54, 1.807) is 23.9 Å². The fourth-order valence-electron chi connectivity index (χ4n) is 6.42. The van der Waals surface area contributed by atoms with Gasteiger partial charge in [-0.25, -0.2) is 22.2 Å². The second kappa shape index (κ2) is 10.7. The Morgan fingerprint density at radius 2 is 1.89 bits per heavy atom. The van der Waals surface area contributed by atoms with E-state index in [-0.39, 0.29) is 24.2 Å². The number of nitrogens with two attached hydrogens (primary N) is 1. The number of pyridine rings is 1. The molecule has 7 rings (SSSR count). The van der Waals surface area contributed by atoms with Gasteiger partial charge in [0.05, 0.1) is 27.7 Å². The second-order valence-electron chi connectivity index (χ2n) is 11.9. The Kier molecular flexibility index (Phi) is 7.02. The molecular formula is C30H30F2N8O3S2. The highest BCUT2D eigenvalue weighted by Gasteiger charge is 2.48. The topological polar surface area (TPSA) is 148 Å². The summed E-state index contributed by atoms with van der Waals surface area (Å²) in [7, 11) is -1.90. The van der Waals surface area contributed by atoms with Gasteiger partial charge in [-0.05, 0) is 49.2 Å². The van der Waals surface area contributed by atoms with Crippen LogP contribution < -0.4 is 20.7 Å². The van der Waals surface area contributed by atoms with E-state index in [0.717, 1.165) is 48.2 Å². The van der Waals surface area contributed by atoms with Crippen molar-refractivity contribution >= 4 is 59.5 Å². The standard InChI is InChI=1S/C30H30F2N8O3S2/c1-39-26-20(4-3-5-21(26)27(37-39)38-45(2,42)43)22-13-23-28(36-29(44-23)40-14-30(15-40)6-7-34-30)35-25(22)17(11-24(33)41)8-16-9-18(31)12-19(32)10-16/h3-5,9-10,12-13,17,34H,6-8,11,14-15H2,1-2H3,(H2,33,41)(H,37,38)/t17-/m0/s1. The molecule has 15 heteroatoms. The number of nitrogens with zero attached hydrogens (tertiary/aromatic N) is 5. The average Bonchev–Trinajstić information content (AvgIpc) is 3.44. The molecule has 1 atom stereocenters. The number of hydrogen-bond donors (Lipinski definition) is 3. The molecule has 1 amide bonds. The van der Waals surface area contributed by atoms with Gasteiger partial charge in [-0.3, -0.25) is 14.2 Å². The smallest absolute Gasteiger partial charge is 0.231 e. The van der Waals surface area contributed by atoms with Crippen LogP contribution in [0.3, 0.4) is 0 Å². The highest BCUT2D eigenvalue weighted by atomic mass is 32.2. The fraction of sp³-hybridized carbons (Fsp3) is 0.333. The van der Waals surface area contributed by atoms with Crippen molar-refractivity contribution in [1.82, 2.24) is 25.1 Å². The Hall–Kier alpha value is -4.21. The molecule has 5 heterocycles. The van der Waals surface area contributed by atoms with Gasteiger partial charge in [-0.2, -0.15) is 10.1 Å². The molecule has 0 saturated carbocycles. The zero-order valence-electron chi connectivity index (χ0n) is 24.5. The van der Waals surface area contributed by atoms with Crippen molar-refractivity contribution in [1.29, 1.82) is 0 Å². The number of carbonyl (C=O) groups is 1. The lowest BCUT2D eigenvalue weighted by Crippen LogP contribution is -2.75. The van der Waals surface area contributed by atoms with Crippen LogP contribution in [0.4, 0.5) is 19.7 Å². The maximum Gasteiger partial charge on any atom is 0.231 e. The summed E-state index contributed by atoms with van der Waals surface area (Å²) in [5.41, 5.74) is 9.16. The number of fused-ring (bicyclic) bond motifs is 2. The maximum atomic E-state index is 14.2. The van der Waals surface area contributed by atoms with Crippen molar-refractivity contribution in [3.05, 3.63) is 65.4 Å². The Balaban J connectivity index is 1.41. The van der Waals surface area contributed by atoms with Crippen LogP contribution in [0.5, 0.6) is 0 Å². The van der Waals surface area contributed by atoms with Crippen LogP contribution in [0.1, 0.15) is 30.0 Å². The van der Waals surface area contributed by atoms with Crippen molar-refractivity contribution < 1.29 is 22.0 Å². The number of benzene rings is 2. The normalized spacial score (nSPS) is 16.6. The first-order valence-electron chi connectivity index (χ1n) is 14.3. The van der Waals surface area contributed by atoms with Crippen molar-refractivity contribution in [2.45, 2.75) is 30.7 Å². The van der Waals surface area contributed by atoms with Crippen LogP contribution in [-0.4, -0.2) is 65.5 Å². The third-order valence-corrected chi connectivity index (χ3v) is 10.1. The molecule has 234 valence electrons. The lowest BCUT2D eigenvalue weighted by atomic mass is 9.81. The molecule has 2 saturated heterocycles. The number of aromatic nitrogens is 4. The first-order chi connectivity index (χ1) is 21.4. The predicted molar refractivity (Wildman–Crippen MR) is 170 cm³/mol. The SMILES string of the molecule is Cn1nc(NS(C)(=O)=O)c2cccc(-c3cc4sc(N5CC6(CCN6)C5)nc4nc3[C@H](CC(N)=O)Cc3cc(F)cc(F)c3)c21. The molecule has 2 fully saturated rings. The minimum atomic E-state index is -3.61. The van der Waals surface area contributed by atoms with Crippen LogP contribution in [0, 0.1) is 11.6 Å². The number of carbonyl (C=O) groups excluding carboxylic acids is 1. The third kappa shape index (κ3) is 5.59. The number of anilines is 2. The number of nitrogens with one attached hydrogen (secondary N) is 2. The van der Waals surface area contributed by atoms with Gasteiger partial charge in [-0.1, -0.05) is 23.5 Å². The molecule has 5 aromatic rings. The number of aryl methyl sites for hydroxylation is 1. The molecule has 1 spiro atoms. The number of thiazole rings is 1. The number of sulfonamides is 1. The van der Waals surface area contributed by atoms with E-state index in [9.17, 15) is 22.0 Å². The number of rotatable bonds is 9. The second-order valence-corrected chi connectivity index (χ2v) is 14.7. The summed E-state index contributed by atoms with van der Waals surface area (Å²) < 4.78 is 57.5. The zero-order chi connectivity index (χ0) is 31.7. The van der Waals surface area contributed by atoms with E-state index < -0.39 is 33.5 Å². The zero-order valence-corrected chi connectivity index (χ0v) is 26.1. The Labute approximate surface area is 261 Å². The van der Waals surface area contributed by atoms with E-state index in [2.05, 4.69) is 20.0 Å². The highest BCUT2D eigenvalue weighted by molar-refractivity contribution is 7.92. The Morgan fingerprint density at radius 3 is 2.53 bits per heavy atom. The van der Waals surface area contributed by atoms with Gasteiger partial charge in [0, 0.05) is 55.1 Å².